The summed E-state index contributed by atoms with van der Waals surface area (Å²) >= 11 is 0. The fourth-order valence-electron chi connectivity index (χ4n) is 3.48. The van der Waals surface area contributed by atoms with Crippen molar-refractivity contribution >= 4 is 11.4 Å². The highest BCUT2D eigenvalue weighted by Gasteiger charge is 2.25. The molecule has 2 aromatic carbocycles. The van der Waals surface area contributed by atoms with Gasteiger partial charge in [-0.05, 0) is 37.8 Å². The highest BCUT2D eigenvalue weighted by molar-refractivity contribution is 5.71. The van der Waals surface area contributed by atoms with Crippen molar-refractivity contribution < 1.29 is 9.45 Å². The van der Waals surface area contributed by atoms with Crippen molar-refractivity contribution in [3.63, 3.8) is 0 Å². The predicted octanol–water partition coefficient (Wildman–Crippen LogP) is 4.86. The van der Waals surface area contributed by atoms with Crippen LogP contribution in [0, 0.1) is 23.0 Å². The third kappa shape index (κ3) is 3.60. The van der Waals surface area contributed by atoms with Gasteiger partial charge in [-0.2, -0.15) is 4.98 Å². The van der Waals surface area contributed by atoms with Crippen LogP contribution in [0.5, 0.6) is 0 Å². The normalized spacial score (nSPS) is 15.0. The lowest BCUT2D eigenvalue weighted by Gasteiger charge is -2.31. The molecular weight excluding hydrogens is 356 g/mol. The number of nitro benzene ring substituents is 1. The highest BCUT2D eigenvalue weighted by Crippen LogP contribution is 2.35. The zero-order valence-corrected chi connectivity index (χ0v) is 16.0. The molecule has 1 saturated heterocycles. The standard InChI is InChI=1S/C21H22N4O3/c1-14-3-5-16(6-4-14)20-22-21(28-23-20)17-7-8-18(19(13-17)25(26)27)24-11-9-15(2)10-12-24/h3-8,13,15H,9-12H2,1-2H3. The van der Waals surface area contributed by atoms with Crippen molar-refractivity contribution in [1.29, 1.82) is 0 Å². The Balaban J connectivity index is 1.65. The van der Waals surface area contributed by atoms with E-state index in [1.807, 2.05) is 37.3 Å². The summed E-state index contributed by atoms with van der Waals surface area (Å²) in [6.45, 7) is 5.89. The molecule has 7 nitrogen and oxygen atoms in total. The molecule has 0 radical (unpaired) electrons. The van der Waals surface area contributed by atoms with Crippen molar-refractivity contribution in [1.82, 2.24) is 10.1 Å². The second kappa shape index (κ2) is 7.42. The first kappa shape index (κ1) is 18.2. The average Bonchev–Trinajstić information content (AvgIpc) is 3.19. The number of aryl methyl sites for hydroxylation is 1. The summed E-state index contributed by atoms with van der Waals surface area (Å²) in [6.07, 6.45) is 2.09. The number of nitro groups is 1. The van der Waals surface area contributed by atoms with Crippen molar-refractivity contribution in [2.24, 2.45) is 5.92 Å². The fourth-order valence-corrected chi connectivity index (χ4v) is 3.48. The first-order valence-electron chi connectivity index (χ1n) is 9.46. The van der Waals surface area contributed by atoms with E-state index in [-0.39, 0.29) is 16.5 Å². The first-order valence-corrected chi connectivity index (χ1v) is 9.46. The monoisotopic (exact) mass is 378 g/mol. The zero-order valence-electron chi connectivity index (χ0n) is 16.0. The summed E-state index contributed by atoms with van der Waals surface area (Å²) in [5, 5.41) is 15.7. The van der Waals surface area contributed by atoms with Crippen molar-refractivity contribution in [2.75, 3.05) is 18.0 Å². The number of hydrogen-bond acceptors (Lipinski definition) is 6. The van der Waals surface area contributed by atoms with E-state index in [1.165, 1.54) is 6.07 Å². The molecule has 144 valence electrons. The van der Waals surface area contributed by atoms with Gasteiger partial charge in [0.05, 0.1) is 4.92 Å². The van der Waals surface area contributed by atoms with Crippen LogP contribution in [-0.2, 0) is 0 Å². The number of benzene rings is 2. The Bertz CT molecular complexity index is 989. The number of piperidine rings is 1. The Morgan fingerprint density at radius 3 is 2.46 bits per heavy atom. The minimum atomic E-state index is -0.339. The van der Waals surface area contributed by atoms with Crippen molar-refractivity contribution in [2.45, 2.75) is 26.7 Å². The van der Waals surface area contributed by atoms with Crippen molar-refractivity contribution in [3.05, 3.63) is 58.1 Å². The van der Waals surface area contributed by atoms with E-state index in [9.17, 15) is 10.1 Å². The number of hydrogen-bond donors (Lipinski definition) is 0. The zero-order chi connectivity index (χ0) is 19.7. The molecule has 1 aromatic heterocycles. The molecule has 0 N–H and O–H groups in total. The van der Waals surface area contributed by atoms with Crippen LogP contribution in [0.4, 0.5) is 11.4 Å². The maximum atomic E-state index is 11.7. The van der Waals surface area contributed by atoms with Crippen molar-refractivity contribution in [3.8, 4) is 22.8 Å². The number of rotatable bonds is 4. The third-order valence-electron chi connectivity index (χ3n) is 5.28. The van der Waals surface area contributed by atoms with Gasteiger partial charge >= 0.3 is 0 Å². The van der Waals surface area contributed by atoms with Gasteiger partial charge < -0.3 is 9.42 Å². The van der Waals surface area contributed by atoms with E-state index >= 15 is 0 Å². The Hall–Kier alpha value is -3.22. The molecule has 1 aliphatic rings. The molecule has 1 fully saturated rings. The van der Waals surface area contributed by atoms with Crippen LogP contribution >= 0.6 is 0 Å². The highest BCUT2D eigenvalue weighted by atomic mass is 16.6. The smallest absolute Gasteiger partial charge is 0.293 e. The molecule has 28 heavy (non-hydrogen) atoms. The van der Waals surface area contributed by atoms with Crippen LogP contribution in [0.15, 0.2) is 47.0 Å². The molecule has 3 aromatic rings. The average molecular weight is 378 g/mol. The minimum absolute atomic E-state index is 0.0714. The minimum Gasteiger partial charge on any atom is -0.366 e. The van der Waals surface area contributed by atoms with Crippen LogP contribution in [0.3, 0.4) is 0 Å². The Morgan fingerprint density at radius 1 is 1.11 bits per heavy atom. The van der Waals surface area contributed by atoms with Gasteiger partial charge in [0, 0.05) is 30.3 Å². The molecule has 7 heteroatoms. The second-order valence-corrected chi connectivity index (χ2v) is 7.42. The molecule has 1 aliphatic heterocycles. The largest absolute Gasteiger partial charge is 0.366 e. The van der Waals surface area contributed by atoms with Gasteiger partial charge in [-0.25, -0.2) is 0 Å². The maximum absolute atomic E-state index is 11.7. The molecule has 0 unspecified atom stereocenters. The molecule has 0 amide bonds. The Labute approximate surface area is 163 Å². The summed E-state index contributed by atoms with van der Waals surface area (Å²) in [4.78, 5) is 17.9. The molecule has 4 rings (SSSR count). The van der Waals surface area contributed by atoms with Gasteiger partial charge in [0.15, 0.2) is 0 Å². The van der Waals surface area contributed by atoms with E-state index in [4.69, 9.17) is 4.52 Å². The number of anilines is 1. The third-order valence-corrected chi connectivity index (χ3v) is 5.28. The maximum Gasteiger partial charge on any atom is 0.293 e. The number of aromatic nitrogens is 2. The van der Waals surface area contributed by atoms with E-state index in [2.05, 4.69) is 22.0 Å². The summed E-state index contributed by atoms with van der Waals surface area (Å²) in [5.41, 5.74) is 3.26. The SMILES string of the molecule is Cc1ccc(-c2noc(-c3ccc(N4CCC(C)CC4)c([N+](=O)[O-])c3)n2)cc1. The molecule has 0 aliphatic carbocycles. The second-order valence-electron chi connectivity index (χ2n) is 7.42. The molecular formula is C21H22N4O3. The summed E-state index contributed by atoms with van der Waals surface area (Å²) in [7, 11) is 0. The first-order chi connectivity index (χ1) is 13.5. The lowest BCUT2D eigenvalue weighted by atomic mass is 9.98. The molecule has 0 bridgehead atoms. The summed E-state index contributed by atoms with van der Waals surface area (Å²) in [5.74, 6) is 1.40. The van der Waals surface area contributed by atoms with Gasteiger partial charge in [-0.1, -0.05) is 41.9 Å². The van der Waals surface area contributed by atoms with Gasteiger partial charge in [0.2, 0.25) is 5.82 Å². The predicted molar refractivity (Wildman–Crippen MR) is 107 cm³/mol. The summed E-state index contributed by atoms with van der Waals surface area (Å²) < 4.78 is 5.37. The lowest BCUT2D eigenvalue weighted by molar-refractivity contribution is -0.384. The van der Waals surface area contributed by atoms with Crippen LogP contribution in [0.25, 0.3) is 22.8 Å². The van der Waals surface area contributed by atoms with E-state index in [0.29, 0.717) is 23.0 Å². The van der Waals surface area contributed by atoms with E-state index in [1.54, 1.807) is 6.07 Å². The van der Waals surface area contributed by atoms with Gasteiger partial charge in [-0.15, -0.1) is 0 Å². The molecule has 0 saturated carbocycles. The topological polar surface area (TPSA) is 85.3 Å². The molecule has 2 heterocycles. The molecule has 0 atom stereocenters. The molecule has 0 spiro atoms. The Morgan fingerprint density at radius 2 is 1.79 bits per heavy atom. The Kier molecular flexibility index (Phi) is 4.81. The lowest BCUT2D eigenvalue weighted by Crippen LogP contribution is -2.33. The van der Waals surface area contributed by atoms with E-state index in [0.717, 1.165) is 37.1 Å². The number of nitrogens with zero attached hydrogens (tertiary/aromatic N) is 4. The van der Waals surface area contributed by atoms with Crippen LogP contribution in [0.2, 0.25) is 0 Å². The quantitative estimate of drug-likeness (QED) is 0.476. The summed E-state index contributed by atoms with van der Waals surface area (Å²) in [6, 6.07) is 12.9. The van der Waals surface area contributed by atoms with Gasteiger partial charge in [0.25, 0.3) is 11.6 Å². The van der Waals surface area contributed by atoms with Gasteiger partial charge in [-0.3, -0.25) is 10.1 Å². The van der Waals surface area contributed by atoms with Gasteiger partial charge in [0.1, 0.15) is 5.69 Å². The fraction of sp³-hybridized carbons (Fsp3) is 0.333. The van der Waals surface area contributed by atoms with E-state index < -0.39 is 0 Å². The van der Waals surface area contributed by atoms with Crippen LogP contribution in [-0.4, -0.2) is 28.2 Å². The van der Waals surface area contributed by atoms with Crippen LogP contribution < -0.4 is 4.90 Å². The van der Waals surface area contributed by atoms with Crippen LogP contribution in [0.1, 0.15) is 25.3 Å².